The summed E-state index contributed by atoms with van der Waals surface area (Å²) in [5, 5.41) is 22.4. The zero-order chi connectivity index (χ0) is 19.4. The number of phenols is 1. The maximum absolute atomic E-state index is 12.4. The van der Waals surface area contributed by atoms with Crippen molar-refractivity contribution in [2.24, 2.45) is 0 Å². The number of phenolic OH excluding ortho intramolecular Hbond substituents is 1. The van der Waals surface area contributed by atoms with E-state index in [0.29, 0.717) is 16.1 Å². The van der Waals surface area contributed by atoms with Crippen LogP contribution in [0, 0.1) is 0 Å². The Kier molecular flexibility index (Phi) is 5.74. The van der Waals surface area contributed by atoms with Crippen molar-refractivity contribution in [2.45, 2.75) is 18.4 Å². The van der Waals surface area contributed by atoms with Gasteiger partial charge in [-0.3, -0.25) is 14.6 Å². The molecule has 7 nitrogen and oxygen atoms in total. The third-order valence-corrected chi connectivity index (χ3v) is 4.56. The highest BCUT2D eigenvalue weighted by atomic mass is 35.5. The zero-order valence-electron chi connectivity index (χ0n) is 14.4. The van der Waals surface area contributed by atoms with Gasteiger partial charge in [0.25, 0.3) is 5.91 Å². The molecular weight excluding hydrogens is 372 g/mol. The summed E-state index contributed by atoms with van der Waals surface area (Å²) >= 11 is 5.90. The van der Waals surface area contributed by atoms with Crippen LogP contribution in [-0.4, -0.2) is 52.2 Å². The minimum absolute atomic E-state index is 0.0135. The third kappa shape index (κ3) is 4.63. The summed E-state index contributed by atoms with van der Waals surface area (Å²) in [6.45, 7) is 0.271. The average Bonchev–Trinajstić information content (AvgIpc) is 2.61. The molecule has 2 aromatic rings. The van der Waals surface area contributed by atoms with Gasteiger partial charge in [0.05, 0.1) is 19.8 Å². The van der Waals surface area contributed by atoms with Crippen LogP contribution in [0.1, 0.15) is 21.6 Å². The number of aliphatic hydroxyl groups is 1. The number of amides is 1. The van der Waals surface area contributed by atoms with Gasteiger partial charge in [-0.1, -0.05) is 11.6 Å². The number of hydrogen-bond donors (Lipinski definition) is 3. The summed E-state index contributed by atoms with van der Waals surface area (Å²) in [7, 11) is 0. The van der Waals surface area contributed by atoms with E-state index in [2.05, 4.69) is 10.3 Å². The number of halogens is 1. The van der Waals surface area contributed by atoms with Gasteiger partial charge in [-0.25, -0.2) is 0 Å². The minimum atomic E-state index is -0.769. The van der Waals surface area contributed by atoms with E-state index in [1.54, 1.807) is 18.2 Å². The van der Waals surface area contributed by atoms with Crippen molar-refractivity contribution in [3.05, 3.63) is 58.4 Å². The number of aliphatic hydroxyl groups excluding tert-OH is 1. The number of rotatable bonds is 7. The molecule has 0 radical (unpaired) electrons. The van der Waals surface area contributed by atoms with Gasteiger partial charge >= 0.3 is 0 Å². The number of hydrogen-bond acceptors (Lipinski definition) is 6. The van der Waals surface area contributed by atoms with Gasteiger partial charge in [0.2, 0.25) is 0 Å². The fourth-order valence-electron chi connectivity index (χ4n) is 2.76. The number of benzene rings is 1. The molecule has 1 fully saturated rings. The topological polar surface area (TPSA) is 109 Å². The SMILES string of the molecule is O=C(Cc1ccnc(C(=O)NC2(CO)COC2)c1)Cc1cc(Cl)ccc1O. The van der Waals surface area contributed by atoms with E-state index < -0.39 is 11.4 Å². The van der Waals surface area contributed by atoms with Gasteiger partial charge < -0.3 is 20.3 Å². The third-order valence-electron chi connectivity index (χ3n) is 4.33. The Labute approximate surface area is 161 Å². The number of carbonyl (C=O) groups is 2. The van der Waals surface area contributed by atoms with Crippen LogP contribution in [0.2, 0.25) is 5.02 Å². The van der Waals surface area contributed by atoms with Crippen LogP contribution in [0.3, 0.4) is 0 Å². The summed E-state index contributed by atoms with van der Waals surface area (Å²) < 4.78 is 5.05. The zero-order valence-corrected chi connectivity index (χ0v) is 15.2. The highest BCUT2D eigenvalue weighted by molar-refractivity contribution is 6.30. The van der Waals surface area contributed by atoms with Crippen LogP contribution < -0.4 is 5.32 Å². The number of aromatic hydroxyl groups is 1. The Morgan fingerprint density at radius 3 is 2.67 bits per heavy atom. The number of nitrogens with zero attached hydrogens (tertiary/aromatic N) is 1. The second-order valence-corrected chi connectivity index (χ2v) is 7.04. The van der Waals surface area contributed by atoms with Crippen molar-refractivity contribution in [3.8, 4) is 5.75 Å². The highest BCUT2D eigenvalue weighted by Gasteiger charge is 2.39. The number of ether oxygens (including phenoxy) is 1. The predicted octanol–water partition coefficient (Wildman–Crippen LogP) is 1.29. The molecule has 1 aromatic heterocycles. The summed E-state index contributed by atoms with van der Waals surface area (Å²) in [5.41, 5.74) is 0.471. The Bertz CT molecular complexity index is 861. The highest BCUT2D eigenvalue weighted by Crippen LogP contribution is 2.22. The molecule has 1 saturated heterocycles. The van der Waals surface area contributed by atoms with E-state index in [1.165, 1.54) is 18.3 Å². The van der Waals surface area contributed by atoms with Gasteiger partial charge in [0.15, 0.2) is 0 Å². The fraction of sp³-hybridized carbons (Fsp3) is 0.316. The van der Waals surface area contributed by atoms with E-state index in [4.69, 9.17) is 16.3 Å². The fourth-order valence-corrected chi connectivity index (χ4v) is 2.96. The van der Waals surface area contributed by atoms with Gasteiger partial charge in [-0.05, 0) is 35.9 Å². The van der Waals surface area contributed by atoms with E-state index in [1.807, 2.05) is 0 Å². The molecule has 3 rings (SSSR count). The lowest BCUT2D eigenvalue weighted by molar-refractivity contribution is -0.117. The van der Waals surface area contributed by atoms with Crippen molar-refractivity contribution in [3.63, 3.8) is 0 Å². The summed E-state index contributed by atoms with van der Waals surface area (Å²) in [4.78, 5) is 28.7. The van der Waals surface area contributed by atoms with Crippen LogP contribution in [0.15, 0.2) is 36.5 Å². The van der Waals surface area contributed by atoms with Crippen LogP contribution in [0.4, 0.5) is 0 Å². The van der Waals surface area contributed by atoms with Crippen LogP contribution in [-0.2, 0) is 22.4 Å². The first-order valence-corrected chi connectivity index (χ1v) is 8.74. The standard InChI is InChI=1S/C19H19ClN2O5/c20-14-1-2-17(25)13(7-14)8-15(24)5-12-3-4-21-16(6-12)18(26)22-19(9-23)10-27-11-19/h1-4,6-7,23,25H,5,8-11H2,(H,22,26). The van der Waals surface area contributed by atoms with Gasteiger partial charge in [-0.2, -0.15) is 0 Å². The lowest BCUT2D eigenvalue weighted by Crippen LogP contribution is -2.64. The number of aromatic nitrogens is 1. The lowest BCUT2D eigenvalue weighted by Gasteiger charge is -2.40. The van der Waals surface area contributed by atoms with Crippen LogP contribution in [0.5, 0.6) is 5.75 Å². The molecule has 3 N–H and O–H groups in total. The van der Waals surface area contributed by atoms with Crippen molar-refractivity contribution < 1.29 is 24.5 Å². The largest absolute Gasteiger partial charge is 0.508 e. The maximum Gasteiger partial charge on any atom is 0.270 e. The summed E-state index contributed by atoms with van der Waals surface area (Å²) in [6.07, 6.45) is 1.57. The van der Waals surface area contributed by atoms with Crippen molar-refractivity contribution in [2.75, 3.05) is 19.8 Å². The normalized spacial score (nSPS) is 15.0. The van der Waals surface area contributed by atoms with E-state index in [-0.39, 0.29) is 49.9 Å². The molecule has 8 heteroatoms. The number of carbonyl (C=O) groups excluding carboxylic acids is 2. The van der Waals surface area contributed by atoms with E-state index in [0.717, 1.165) is 0 Å². The molecule has 27 heavy (non-hydrogen) atoms. The number of nitrogens with one attached hydrogen (secondary N) is 1. The molecule has 0 spiro atoms. The lowest BCUT2D eigenvalue weighted by atomic mass is 9.98. The Morgan fingerprint density at radius 1 is 1.22 bits per heavy atom. The predicted molar refractivity (Wildman–Crippen MR) is 97.9 cm³/mol. The second-order valence-electron chi connectivity index (χ2n) is 6.60. The molecule has 1 aliphatic heterocycles. The van der Waals surface area contributed by atoms with Crippen molar-refractivity contribution in [1.29, 1.82) is 0 Å². The number of ketones is 1. The molecule has 0 atom stereocenters. The maximum atomic E-state index is 12.4. The average molecular weight is 391 g/mol. The molecule has 1 aromatic carbocycles. The quantitative estimate of drug-likeness (QED) is 0.657. The monoisotopic (exact) mass is 390 g/mol. The smallest absolute Gasteiger partial charge is 0.270 e. The number of pyridine rings is 1. The van der Waals surface area contributed by atoms with E-state index in [9.17, 15) is 19.8 Å². The van der Waals surface area contributed by atoms with Crippen LogP contribution in [0.25, 0.3) is 0 Å². The molecule has 0 unspecified atom stereocenters. The first kappa shape index (κ1) is 19.3. The van der Waals surface area contributed by atoms with Gasteiger partial charge in [0.1, 0.15) is 22.8 Å². The first-order valence-electron chi connectivity index (χ1n) is 8.36. The minimum Gasteiger partial charge on any atom is -0.508 e. The molecule has 2 heterocycles. The molecule has 0 aliphatic carbocycles. The summed E-state index contributed by atoms with van der Waals surface area (Å²) in [5.74, 6) is -0.557. The molecule has 142 valence electrons. The van der Waals surface area contributed by atoms with Crippen molar-refractivity contribution >= 4 is 23.3 Å². The molecule has 1 aliphatic rings. The second kappa shape index (κ2) is 8.04. The molecule has 1 amide bonds. The Morgan fingerprint density at radius 2 is 2.00 bits per heavy atom. The molecular formula is C19H19ClN2O5. The van der Waals surface area contributed by atoms with Crippen molar-refractivity contribution in [1.82, 2.24) is 10.3 Å². The van der Waals surface area contributed by atoms with Crippen LogP contribution >= 0.6 is 11.6 Å². The molecule has 0 saturated carbocycles. The Balaban J connectivity index is 1.65. The molecule has 0 bridgehead atoms. The summed E-state index contributed by atoms with van der Waals surface area (Å²) in [6, 6.07) is 7.73. The van der Waals surface area contributed by atoms with Gasteiger partial charge in [0, 0.05) is 29.6 Å². The number of Topliss-reactive ketones (excluding diaryl/α,β-unsaturated/α-hetero) is 1. The van der Waals surface area contributed by atoms with Gasteiger partial charge in [-0.15, -0.1) is 0 Å². The van der Waals surface area contributed by atoms with E-state index >= 15 is 0 Å². The first-order chi connectivity index (χ1) is 12.9. The Hall–Kier alpha value is -2.48.